The maximum absolute atomic E-state index is 8.63. The van der Waals surface area contributed by atoms with Crippen molar-refractivity contribution in [1.29, 1.82) is 0 Å². The van der Waals surface area contributed by atoms with E-state index in [2.05, 4.69) is 0 Å². The summed E-state index contributed by atoms with van der Waals surface area (Å²) < 4.78 is 24.3. The van der Waals surface area contributed by atoms with Gasteiger partial charge in [0.2, 0.25) is 0 Å². The van der Waals surface area contributed by atoms with Crippen molar-refractivity contribution in [3.8, 4) is 0 Å². The molecule has 0 bridgehead atoms. The molecule has 0 fully saturated rings. The van der Waals surface area contributed by atoms with Crippen LogP contribution in [0.15, 0.2) is 0 Å². The SMILES string of the molecule is Br.[NaH].[O-][Br+2]([O-])O. The van der Waals surface area contributed by atoms with Gasteiger partial charge >= 0.3 is 44.4 Å². The molecule has 1 N–H and O–H groups in total. The van der Waals surface area contributed by atoms with Crippen LogP contribution in [0.2, 0.25) is 0 Å². The van der Waals surface area contributed by atoms with Crippen LogP contribution >= 0.6 is 17.0 Å². The fourth-order valence-electron chi connectivity index (χ4n) is 0. The number of rotatable bonds is 0. The summed E-state index contributed by atoms with van der Waals surface area (Å²) in [5, 5.41) is 0. The van der Waals surface area contributed by atoms with Crippen molar-refractivity contribution in [2.45, 2.75) is 0 Å². The van der Waals surface area contributed by atoms with Gasteiger partial charge in [-0.05, 0) is 4.20 Å². The van der Waals surface area contributed by atoms with Crippen LogP contribution < -0.4 is 8.40 Å². The summed E-state index contributed by atoms with van der Waals surface area (Å²) in [7, 11) is 0. The second-order valence-corrected chi connectivity index (χ2v) is 1.04. The van der Waals surface area contributed by atoms with E-state index < -0.39 is 14.8 Å². The van der Waals surface area contributed by atoms with Gasteiger partial charge in [-0.1, -0.05) is 0 Å². The maximum Gasteiger partial charge on any atom is 0.433 e. The fourth-order valence-corrected chi connectivity index (χ4v) is 0. The summed E-state index contributed by atoms with van der Waals surface area (Å²) >= 11 is -3.40. The average molecular weight is 234 g/mol. The van der Waals surface area contributed by atoms with Crippen LogP contribution in [0.1, 0.15) is 0 Å². The predicted molar refractivity (Wildman–Crippen MR) is 19.7 cm³/mol. The van der Waals surface area contributed by atoms with E-state index in [4.69, 9.17) is 12.6 Å². The molecule has 0 amide bonds. The number of hydrogen-bond donors (Lipinski definition) is 1. The Hall–Kier alpha value is 1.84. The van der Waals surface area contributed by atoms with Crippen molar-refractivity contribution in [3.63, 3.8) is 0 Å². The average Bonchev–Trinajstić information content (AvgIpc) is 0.811. The zero-order valence-electron chi connectivity index (χ0n) is 2.05. The first kappa shape index (κ1) is 15.7. The molecule has 0 saturated carbocycles. The van der Waals surface area contributed by atoms with Gasteiger partial charge in [-0.3, -0.25) is 0 Å². The summed E-state index contributed by atoms with van der Waals surface area (Å²) in [4.78, 5) is 0. The van der Waals surface area contributed by atoms with Gasteiger partial charge in [0.1, 0.15) is 0 Å². The van der Waals surface area contributed by atoms with Crippen LogP contribution in [0.3, 0.4) is 0 Å². The van der Waals surface area contributed by atoms with E-state index in [1.54, 1.807) is 0 Å². The first-order valence-electron chi connectivity index (χ1n) is 0.478. The summed E-state index contributed by atoms with van der Waals surface area (Å²) in [6, 6.07) is 0. The standard InChI is InChI=1S/BrHO3.BrH.Na.H/c2-1(3)4;;;/h2H;1H;;. The van der Waals surface area contributed by atoms with Crippen molar-refractivity contribution in [1.82, 2.24) is 0 Å². The molecule has 0 heterocycles. The molecule has 0 aliphatic carbocycles. The minimum atomic E-state index is -3.40. The molecule has 0 atom stereocenters. The fraction of sp³-hybridized carbons (Fsp3) is 0. The zero-order chi connectivity index (χ0) is 3.58. The van der Waals surface area contributed by atoms with Gasteiger partial charge in [0.05, 0.1) is 0 Å². The Morgan fingerprint density at radius 2 is 1.33 bits per heavy atom. The second-order valence-electron chi connectivity index (χ2n) is 0.201. The first-order valence-corrected chi connectivity index (χ1v) is 2.48. The van der Waals surface area contributed by atoms with Gasteiger partial charge in [-0.25, -0.2) is 0 Å². The Kier molecular flexibility index (Phi) is 26.0. The molecule has 0 aromatic heterocycles. The predicted octanol–water partition coefficient (Wildman–Crippen LogP) is -3.01. The molecule has 0 radical (unpaired) electrons. The smallest absolute Gasteiger partial charge is 0.372 e. The van der Waals surface area contributed by atoms with E-state index in [0.29, 0.717) is 0 Å². The maximum atomic E-state index is 8.63. The summed E-state index contributed by atoms with van der Waals surface area (Å²) in [6.45, 7) is 0. The van der Waals surface area contributed by atoms with E-state index in [1.807, 2.05) is 0 Å². The Balaban J connectivity index is -0.0000000450. The van der Waals surface area contributed by atoms with Crippen molar-refractivity contribution >= 4 is 46.5 Å². The van der Waals surface area contributed by atoms with Crippen molar-refractivity contribution in [3.05, 3.63) is 0 Å². The molecule has 6 heteroatoms. The summed E-state index contributed by atoms with van der Waals surface area (Å²) in [5.74, 6) is 0. The minimum Gasteiger partial charge on any atom is -0.372 e. The van der Waals surface area contributed by atoms with Gasteiger partial charge in [-0.2, -0.15) is 0 Å². The van der Waals surface area contributed by atoms with E-state index in [0.717, 1.165) is 0 Å². The van der Waals surface area contributed by atoms with E-state index in [-0.39, 0.29) is 46.5 Å². The van der Waals surface area contributed by atoms with Gasteiger partial charge < -0.3 is 8.40 Å². The molecule has 0 spiro atoms. The van der Waals surface area contributed by atoms with Crippen LogP contribution in [-0.2, 0) is 0 Å². The Morgan fingerprint density at radius 3 is 1.33 bits per heavy atom. The first-order chi connectivity index (χ1) is 1.73. The van der Waals surface area contributed by atoms with Crippen LogP contribution in [0, 0.1) is 14.8 Å². The van der Waals surface area contributed by atoms with Crippen molar-refractivity contribution < 1.29 is 27.4 Å². The third-order valence-corrected chi connectivity index (χ3v) is 0. The number of halogens is 2. The molecular formula is H3Br2NaO3. The monoisotopic (exact) mass is 232 g/mol. The van der Waals surface area contributed by atoms with Gasteiger partial charge in [0.15, 0.2) is 0 Å². The van der Waals surface area contributed by atoms with Gasteiger partial charge in [0, 0.05) is 0 Å². The molecule has 0 aromatic rings. The van der Waals surface area contributed by atoms with E-state index in [9.17, 15) is 0 Å². The quantitative estimate of drug-likeness (QED) is 0.454. The molecule has 0 aliphatic heterocycles. The normalized spacial score (nSPS) is 6.00. The van der Waals surface area contributed by atoms with Crippen LogP contribution in [-0.4, -0.2) is 33.8 Å². The van der Waals surface area contributed by atoms with Gasteiger partial charge in [0.25, 0.3) is 0 Å². The van der Waals surface area contributed by atoms with Crippen molar-refractivity contribution in [2.75, 3.05) is 0 Å². The summed E-state index contributed by atoms with van der Waals surface area (Å²) in [6.07, 6.45) is 0. The molecular weight excluding hydrogens is 231 g/mol. The van der Waals surface area contributed by atoms with Crippen LogP contribution in [0.4, 0.5) is 0 Å². The summed E-state index contributed by atoms with van der Waals surface area (Å²) in [5.41, 5.74) is 0. The topological polar surface area (TPSA) is 66.3 Å². The Morgan fingerprint density at radius 1 is 1.33 bits per heavy atom. The Labute approximate surface area is 73.2 Å². The molecule has 0 rings (SSSR count). The molecule has 3 nitrogen and oxygen atoms in total. The zero-order valence-corrected chi connectivity index (χ0v) is 5.35. The second kappa shape index (κ2) is 9.96. The van der Waals surface area contributed by atoms with Crippen LogP contribution in [0.5, 0.6) is 0 Å². The minimum absolute atomic E-state index is 0. The molecule has 0 unspecified atom stereocenters. The largest absolute Gasteiger partial charge is 0.433 e. The van der Waals surface area contributed by atoms with Crippen LogP contribution in [0.25, 0.3) is 0 Å². The Bertz CT molecular complexity index is 13.5. The molecule has 6 heavy (non-hydrogen) atoms. The third-order valence-electron chi connectivity index (χ3n) is 0. The molecule has 0 saturated heterocycles. The molecule has 36 valence electrons. The number of hydrogen-bond acceptors (Lipinski definition) is 3. The third kappa shape index (κ3) is 40.4. The van der Waals surface area contributed by atoms with Crippen molar-refractivity contribution in [2.24, 2.45) is 0 Å². The van der Waals surface area contributed by atoms with E-state index >= 15 is 0 Å². The van der Waals surface area contributed by atoms with Gasteiger partial charge in [-0.15, -0.1) is 17.0 Å². The molecule has 0 aliphatic rings. The molecule has 0 aromatic carbocycles. The van der Waals surface area contributed by atoms with E-state index in [1.165, 1.54) is 0 Å².